The molecule has 0 spiro atoms. The molecule has 0 saturated carbocycles. The Morgan fingerprint density at radius 3 is 2.68 bits per heavy atom. The van der Waals surface area contributed by atoms with E-state index in [4.69, 9.17) is 16.7 Å². The molecule has 0 aliphatic rings. The van der Waals surface area contributed by atoms with Crippen molar-refractivity contribution in [2.24, 2.45) is 0 Å². The number of thiazole rings is 1. The second kappa shape index (κ2) is 10.4. The van der Waals surface area contributed by atoms with E-state index in [1.54, 1.807) is 6.20 Å². The fourth-order valence-corrected chi connectivity index (χ4v) is 3.88. The lowest BCUT2D eigenvalue weighted by molar-refractivity contribution is -0.133. The van der Waals surface area contributed by atoms with Gasteiger partial charge in [0.1, 0.15) is 0 Å². The number of aromatic nitrogens is 1. The summed E-state index contributed by atoms with van der Waals surface area (Å²) in [5.74, 6) is -0.943. The molecule has 0 aliphatic heterocycles. The van der Waals surface area contributed by atoms with Crippen molar-refractivity contribution in [3.8, 4) is 0 Å². The van der Waals surface area contributed by atoms with Crippen molar-refractivity contribution >= 4 is 51.7 Å². The van der Waals surface area contributed by atoms with Crippen LogP contribution in [0.4, 0.5) is 5.13 Å². The molecule has 2 aromatic rings. The molecule has 134 valence electrons. The number of amides is 1. The summed E-state index contributed by atoms with van der Waals surface area (Å²) in [5.41, 5.74) is 1.25. The molecular formula is C17H19ClN2O3S2. The van der Waals surface area contributed by atoms with E-state index in [2.05, 4.69) is 10.3 Å². The summed E-state index contributed by atoms with van der Waals surface area (Å²) >= 11 is 8.34. The first-order chi connectivity index (χ1) is 12.0. The zero-order valence-corrected chi connectivity index (χ0v) is 15.9. The Morgan fingerprint density at radius 1 is 1.20 bits per heavy atom. The van der Waals surface area contributed by atoms with Crippen LogP contribution in [0.1, 0.15) is 31.2 Å². The Kier molecular flexibility index (Phi) is 8.24. The minimum Gasteiger partial charge on any atom is -0.481 e. The summed E-state index contributed by atoms with van der Waals surface area (Å²) in [5, 5.41) is 12.7. The van der Waals surface area contributed by atoms with Crippen LogP contribution in [0.15, 0.2) is 34.7 Å². The maximum absolute atomic E-state index is 11.9. The predicted octanol–water partition coefficient (Wildman–Crippen LogP) is 4.71. The molecule has 0 aliphatic carbocycles. The van der Waals surface area contributed by atoms with Gasteiger partial charge in [-0.2, -0.15) is 0 Å². The average molecular weight is 399 g/mol. The number of carboxylic acids is 1. The highest BCUT2D eigenvalue weighted by Gasteiger charge is 2.08. The first-order valence-corrected chi connectivity index (χ1v) is 10.1. The van der Waals surface area contributed by atoms with Gasteiger partial charge in [0.25, 0.3) is 0 Å². The number of benzene rings is 1. The Hall–Kier alpha value is -1.57. The minimum atomic E-state index is -0.873. The zero-order chi connectivity index (χ0) is 18.1. The van der Waals surface area contributed by atoms with Crippen molar-refractivity contribution in [1.82, 2.24) is 4.98 Å². The maximum atomic E-state index is 11.9. The third kappa shape index (κ3) is 7.90. The smallest absolute Gasteiger partial charge is 0.313 e. The number of unbranched alkanes of at least 4 members (excludes halogenated alkanes) is 2. The number of anilines is 1. The van der Waals surface area contributed by atoms with Gasteiger partial charge in [0, 0.05) is 11.4 Å². The van der Waals surface area contributed by atoms with Crippen LogP contribution >= 0.6 is 34.7 Å². The van der Waals surface area contributed by atoms with Gasteiger partial charge in [-0.15, -0.1) is 11.8 Å². The minimum absolute atomic E-state index is 0.0107. The molecule has 1 heterocycles. The molecule has 0 fully saturated rings. The number of nitrogens with zero attached hydrogens (tertiary/aromatic N) is 1. The highest BCUT2D eigenvalue weighted by molar-refractivity contribution is 8.01. The van der Waals surface area contributed by atoms with Crippen LogP contribution in [0.3, 0.4) is 0 Å². The number of nitrogens with one attached hydrogen (secondary N) is 1. The second-order valence-corrected chi connectivity index (χ2v) is 8.14. The lowest BCUT2D eigenvalue weighted by atomic mass is 10.1. The van der Waals surface area contributed by atoms with Gasteiger partial charge >= 0.3 is 5.97 Å². The molecule has 1 amide bonds. The first kappa shape index (κ1) is 19.8. The number of halogens is 1. The number of aliphatic carboxylic acids is 1. The Labute approximate surface area is 159 Å². The summed E-state index contributed by atoms with van der Waals surface area (Å²) in [4.78, 5) is 26.5. The van der Waals surface area contributed by atoms with Crippen LogP contribution in [-0.2, 0) is 16.0 Å². The van der Waals surface area contributed by atoms with Crippen LogP contribution in [0.25, 0.3) is 0 Å². The van der Waals surface area contributed by atoms with Crippen LogP contribution < -0.4 is 5.32 Å². The second-order valence-electron chi connectivity index (χ2n) is 5.40. The van der Waals surface area contributed by atoms with Crippen molar-refractivity contribution in [3.05, 3.63) is 41.0 Å². The number of rotatable bonds is 10. The number of carbonyl (C=O) groups is 2. The van der Waals surface area contributed by atoms with Crippen molar-refractivity contribution in [3.63, 3.8) is 0 Å². The van der Waals surface area contributed by atoms with Crippen molar-refractivity contribution in [1.29, 1.82) is 0 Å². The molecule has 0 bridgehead atoms. The highest BCUT2D eigenvalue weighted by Crippen LogP contribution is 2.28. The molecule has 5 nitrogen and oxygen atoms in total. The van der Waals surface area contributed by atoms with Crippen molar-refractivity contribution in [2.45, 2.75) is 36.3 Å². The van der Waals surface area contributed by atoms with E-state index in [0.29, 0.717) is 11.6 Å². The van der Waals surface area contributed by atoms with Gasteiger partial charge < -0.3 is 10.4 Å². The van der Waals surface area contributed by atoms with Gasteiger partial charge in [-0.25, -0.2) is 4.98 Å². The summed E-state index contributed by atoms with van der Waals surface area (Å²) < 4.78 is 0.778. The summed E-state index contributed by atoms with van der Waals surface area (Å²) in [6, 6.07) is 7.83. The quantitative estimate of drug-likeness (QED) is 0.447. The number of aryl methyl sites for hydroxylation is 1. The summed E-state index contributed by atoms with van der Waals surface area (Å²) in [6.07, 6.45) is 5.86. The molecule has 8 heteroatoms. The van der Waals surface area contributed by atoms with Crippen LogP contribution in [0, 0.1) is 0 Å². The molecule has 1 aromatic heterocycles. The van der Waals surface area contributed by atoms with E-state index in [0.717, 1.165) is 34.9 Å². The number of hydrogen-bond acceptors (Lipinski definition) is 5. The van der Waals surface area contributed by atoms with Gasteiger partial charge in [0.15, 0.2) is 5.13 Å². The topological polar surface area (TPSA) is 79.3 Å². The zero-order valence-electron chi connectivity index (χ0n) is 13.5. The summed E-state index contributed by atoms with van der Waals surface area (Å²) in [6.45, 7) is 0. The molecule has 0 saturated heterocycles. The van der Waals surface area contributed by atoms with Crippen LogP contribution in [0.2, 0.25) is 5.02 Å². The SMILES string of the molecule is O=C(O)CSc1cnc(NC(=O)CCCCCc2ccc(Cl)cc2)s1. The van der Waals surface area contributed by atoms with Gasteiger partial charge in [-0.1, -0.05) is 41.5 Å². The highest BCUT2D eigenvalue weighted by atomic mass is 35.5. The number of thioether (sulfide) groups is 1. The molecule has 0 radical (unpaired) electrons. The van der Waals surface area contributed by atoms with E-state index < -0.39 is 5.97 Å². The molecule has 0 atom stereocenters. The molecular weight excluding hydrogens is 380 g/mol. The molecule has 1 aromatic carbocycles. The maximum Gasteiger partial charge on any atom is 0.313 e. The molecule has 25 heavy (non-hydrogen) atoms. The predicted molar refractivity (Wildman–Crippen MR) is 103 cm³/mol. The van der Waals surface area contributed by atoms with E-state index in [9.17, 15) is 9.59 Å². The number of carboxylic acid groups (broad SMARTS) is 1. The molecule has 2 N–H and O–H groups in total. The standard InChI is InChI=1S/C17H19ClN2O3S2/c18-13-8-6-12(7-9-13)4-2-1-3-5-14(21)20-17-19-10-16(25-17)24-11-15(22)23/h6-10H,1-5,11H2,(H,22,23)(H,19,20,21). The number of carbonyl (C=O) groups excluding carboxylic acids is 1. The first-order valence-electron chi connectivity index (χ1n) is 7.87. The van der Waals surface area contributed by atoms with E-state index in [1.165, 1.54) is 28.7 Å². The lowest BCUT2D eigenvalue weighted by Gasteiger charge is -2.03. The van der Waals surface area contributed by atoms with E-state index in [1.807, 2.05) is 24.3 Å². The Balaban J connectivity index is 1.60. The monoisotopic (exact) mass is 398 g/mol. The third-order valence-corrected chi connectivity index (χ3v) is 5.70. The fraction of sp³-hybridized carbons (Fsp3) is 0.353. The van der Waals surface area contributed by atoms with Gasteiger partial charge in [0.05, 0.1) is 16.2 Å². The average Bonchev–Trinajstić information content (AvgIpc) is 3.02. The van der Waals surface area contributed by atoms with Crippen molar-refractivity contribution in [2.75, 3.05) is 11.1 Å². The van der Waals surface area contributed by atoms with Crippen LogP contribution in [0.5, 0.6) is 0 Å². The molecule has 2 rings (SSSR count). The van der Waals surface area contributed by atoms with Gasteiger partial charge in [-0.05, 0) is 37.0 Å². The van der Waals surface area contributed by atoms with Crippen LogP contribution in [-0.4, -0.2) is 27.7 Å². The summed E-state index contributed by atoms with van der Waals surface area (Å²) in [7, 11) is 0. The van der Waals surface area contributed by atoms with E-state index in [-0.39, 0.29) is 11.7 Å². The van der Waals surface area contributed by atoms with E-state index >= 15 is 0 Å². The van der Waals surface area contributed by atoms with Crippen molar-refractivity contribution < 1.29 is 14.7 Å². The molecule has 0 unspecified atom stereocenters. The fourth-order valence-electron chi connectivity index (χ4n) is 2.14. The largest absolute Gasteiger partial charge is 0.481 e. The van der Waals surface area contributed by atoms with Gasteiger partial charge in [-0.3, -0.25) is 9.59 Å². The normalized spacial score (nSPS) is 10.6. The Bertz CT molecular complexity index is 704. The lowest BCUT2D eigenvalue weighted by Crippen LogP contribution is -2.10. The van der Waals surface area contributed by atoms with Gasteiger partial charge in [0.2, 0.25) is 5.91 Å². The third-order valence-electron chi connectivity index (χ3n) is 3.35. The Morgan fingerprint density at radius 2 is 1.96 bits per heavy atom. The number of hydrogen-bond donors (Lipinski definition) is 2.